The molecule has 1 heterocycles. The third-order valence-electron chi connectivity index (χ3n) is 3.57. The van der Waals surface area contributed by atoms with Gasteiger partial charge in [0.1, 0.15) is 11.5 Å². The summed E-state index contributed by atoms with van der Waals surface area (Å²) >= 11 is 0. The Morgan fingerprint density at radius 3 is 2.56 bits per heavy atom. The van der Waals surface area contributed by atoms with Crippen LogP contribution in [0.25, 0.3) is 5.57 Å². The van der Waals surface area contributed by atoms with Crippen LogP contribution in [0, 0.1) is 0 Å². The van der Waals surface area contributed by atoms with Crippen LogP contribution in [0.1, 0.15) is 12.5 Å². The number of methoxy groups -OCH3 is 2. The summed E-state index contributed by atoms with van der Waals surface area (Å²) in [5, 5.41) is 0. The summed E-state index contributed by atoms with van der Waals surface area (Å²) in [7, 11) is 3.36. The van der Waals surface area contributed by atoms with E-state index < -0.39 is 0 Å². The van der Waals surface area contributed by atoms with Crippen LogP contribution < -0.4 is 9.47 Å². The Morgan fingerprint density at radius 1 is 1.17 bits per heavy atom. The molecule has 2 nitrogen and oxygen atoms in total. The molecule has 1 atom stereocenters. The molecule has 18 heavy (non-hydrogen) atoms. The zero-order valence-electron chi connectivity index (χ0n) is 11.4. The molecular formula is C15H19BO2. The first kappa shape index (κ1) is 12.8. The van der Waals surface area contributed by atoms with E-state index in [9.17, 15) is 0 Å². The first-order valence-electron chi connectivity index (χ1n) is 6.28. The molecule has 94 valence electrons. The topological polar surface area (TPSA) is 18.5 Å². The van der Waals surface area contributed by atoms with Gasteiger partial charge in [0.15, 0.2) is 6.71 Å². The molecule has 0 N–H and O–H groups in total. The van der Waals surface area contributed by atoms with Gasteiger partial charge in [-0.05, 0) is 23.5 Å². The first-order valence-corrected chi connectivity index (χ1v) is 6.28. The van der Waals surface area contributed by atoms with Crippen molar-refractivity contribution in [2.24, 2.45) is 0 Å². The van der Waals surface area contributed by atoms with Gasteiger partial charge in [-0.15, -0.1) is 5.98 Å². The van der Waals surface area contributed by atoms with E-state index in [-0.39, 0.29) is 0 Å². The minimum absolute atomic E-state index is 0.553. The summed E-state index contributed by atoms with van der Waals surface area (Å²) in [6.45, 7) is 5.03. The van der Waals surface area contributed by atoms with Crippen molar-refractivity contribution in [3.8, 4) is 11.5 Å². The standard InChI is InChI=1S/C15H19BO2/c1-11-5-6-12(10-16(11)2)14-8-7-13(17-3)9-15(14)18-4/h5-11H,1-4H3. The lowest BCUT2D eigenvalue weighted by molar-refractivity contribution is 0.393. The predicted molar refractivity (Wildman–Crippen MR) is 77.7 cm³/mol. The molecule has 0 aliphatic carbocycles. The maximum absolute atomic E-state index is 5.45. The molecule has 3 heteroatoms. The van der Waals surface area contributed by atoms with Gasteiger partial charge < -0.3 is 9.47 Å². The van der Waals surface area contributed by atoms with E-state index in [1.54, 1.807) is 14.2 Å². The van der Waals surface area contributed by atoms with Crippen molar-refractivity contribution in [1.82, 2.24) is 0 Å². The lowest BCUT2D eigenvalue weighted by atomic mass is 9.41. The zero-order chi connectivity index (χ0) is 13.1. The number of rotatable bonds is 3. The molecule has 0 saturated carbocycles. The Balaban J connectivity index is 2.40. The molecule has 0 spiro atoms. The largest absolute Gasteiger partial charge is 0.497 e. The fraction of sp³-hybridized carbons (Fsp3) is 0.333. The van der Waals surface area contributed by atoms with E-state index in [0.29, 0.717) is 12.5 Å². The van der Waals surface area contributed by atoms with Crippen LogP contribution >= 0.6 is 0 Å². The van der Waals surface area contributed by atoms with Crippen molar-refractivity contribution < 1.29 is 9.47 Å². The van der Waals surface area contributed by atoms with Crippen molar-refractivity contribution in [2.75, 3.05) is 14.2 Å². The Labute approximate surface area is 109 Å². The predicted octanol–water partition coefficient (Wildman–Crippen LogP) is 3.71. The number of ether oxygens (including phenoxy) is 2. The number of hydrogen-bond donors (Lipinski definition) is 0. The van der Waals surface area contributed by atoms with Gasteiger partial charge in [0.2, 0.25) is 0 Å². The van der Waals surface area contributed by atoms with Crippen LogP contribution in [0.4, 0.5) is 0 Å². The van der Waals surface area contributed by atoms with Gasteiger partial charge >= 0.3 is 0 Å². The Bertz CT molecular complexity index is 491. The number of hydrogen-bond acceptors (Lipinski definition) is 2. The lowest BCUT2D eigenvalue weighted by Gasteiger charge is -2.18. The molecule has 0 bridgehead atoms. The summed E-state index contributed by atoms with van der Waals surface area (Å²) in [4.78, 5) is 0. The van der Waals surface area contributed by atoms with Crippen molar-refractivity contribution in [3.63, 3.8) is 0 Å². The van der Waals surface area contributed by atoms with Crippen LogP contribution in [0.3, 0.4) is 0 Å². The van der Waals surface area contributed by atoms with Gasteiger partial charge in [0, 0.05) is 11.6 Å². The maximum Gasteiger partial charge on any atom is 0.170 e. The van der Waals surface area contributed by atoms with Crippen molar-refractivity contribution in [1.29, 1.82) is 0 Å². The molecule has 0 aromatic heterocycles. The van der Waals surface area contributed by atoms with Crippen molar-refractivity contribution in [3.05, 3.63) is 41.9 Å². The number of benzene rings is 1. The number of allylic oxidation sites excluding steroid dienone is 3. The average Bonchev–Trinajstić information content (AvgIpc) is 2.41. The SMILES string of the molecule is COc1ccc(C2=CB(C)C(C)C=C2)c(OC)c1. The summed E-state index contributed by atoms with van der Waals surface area (Å²) < 4.78 is 10.7. The molecule has 2 rings (SSSR count). The molecular weight excluding hydrogens is 223 g/mol. The van der Waals surface area contributed by atoms with Crippen LogP contribution in [-0.2, 0) is 0 Å². The van der Waals surface area contributed by atoms with Gasteiger partial charge in [-0.3, -0.25) is 0 Å². The zero-order valence-corrected chi connectivity index (χ0v) is 11.4. The van der Waals surface area contributed by atoms with Gasteiger partial charge in [-0.2, -0.15) is 0 Å². The highest BCUT2D eigenvalue weighted by Crippen LogP contribution is 2.34. The molecule has 1 aliphatic rings. The molecule has 0 saturated heterocycles. The molecule has 0 radical (unpaired) electrons. The van der Waals surface area contributed by atoms with Gasteiger partial charge in [-0.25, -0.2) is 0 Å². The monoisotopic (exact) mass is 242 g/mol. The molecule has 0 amide bonds. The highest BCUT2D eigenvalue weighted by molar-refractivity contribution is 6.66. The minimum atomic E-state index is 0.553. The van der Waals surface area contributed by atoms with Crippen LogP contribution in [-0.4, -0.2) is 20.9 Å². The summed E-state index contributed by atoms with van der Waals surface area (Å²) in [5.74, 6) is 4.57. The Hall–Kier alpha value is -1.64. The summed E-state index contributed by atoms with van der Waals surface area (Å²) in [5.41, 5.74) is 2.34. The quantitative estimate of drug-likeness (QED) is 0.752. The Kier molecular flexibility index (Phi) is 3.80. The third-order valence-corrected chi connectivity index (χ3v) is 3.57. The summed E-state index contributed by atoms with van der Waals surface area (Å²) in [6, 6.07) is 5.94. The fourth-order valence-corrected chi connectivity index (χ4v) is 2.14. The van der Waals surface area contributed by atoms with E-state index in [2.05, 4.69) is 37.9 Å². The normalized spacial score (nSPS) is 18.6. The van der Waals surface area contributed by atoms with Gasteiger partial charge in [0.25, 0.3) is 0 Å². The van der Waals surface area contributed by atoms with Crippen LogP contribution in [0.5, 0.6) is 11.5 Å². The lowest BCUT2D eigenvalue weighted by Crippen LogP contribution is -2.13. The molecule has 1 unspecified atom stereocenters. The van der Waals surface area contributed by atoms with Crippen molar-refractivity contribution >= 4 is 12.3 Å². The second-order valence-electron chi connectivity index (χ2n) is 4.77. The van der Waals surface area contributed by atoms with Crippen molar-refractivity contribution in [2.45, 2.75) is 19.6 Å². The maximum atomic E-state index is 5.45. The highest BCUT2D eigenvalue weighted by atomic mass is 16.5. The minimum Gasteiger partial charge on any atom is -0.497 e. The van der Waals surface area contributed by atoms with Crippen LogP contribution in [0.2, 0.25) is 12.6 Å². The van der Waals surface area contributed by atoms with Crippen LogP contribution in [0.15, 0.2) is 36.3 Å². The third kappa shape index (κ3) is 2.45. The molecule has 1 aromatic rings. The van der Waals surface area contributed by atoms with E-state index in [0.717, 1.165) is 17.1 Å². The van der Waals surface area contributed by atoms with E-state index in [4.69, 9.17) is 9.47 Å². The van der Waals surface area contributed by atoms with Gasteiger partial charge in [0.05, 0.1) is 14.2 Å². The molecule has 1 aromatic carbocycles. The molecule has 0 fully saturated rings. The highest BCUT2D eigenvalue weighted by Gasteiger charge is 2.18. The average molecular weight is 242 g/mol. The van der Waals surface area contributed by atoms with Gasteiger partial charge in [-0.1, -0.05) is 25.9 Å². The summed E-state index contributed by atoms with van der Waals surface area (Å²) in [6.07, 6.45) is 4.43. The smallest absolute Gasteiger partial charge is 0.170 e. The van der Waals surface area contributed by atoms with E-state index in [1.165, 1.54) is 5.57 Å². The Morgan fingerprint density at radius 2 is 1.94 bits per heavy atom. The second kappa shape index (κ2) is 5.34. The van der Waals surface area contributed by atoms with E-state index in [1.807, 2.05) is 12.1 Å². The molecule has 1 aliphatic heterocycles. The second-order valence-corrected chi connectivity index (χ2v) is 4.77. The fourth-order valence-electron chi connectivity index (χ4n) is 2.14. The van der Waals surface area contributed by atoms with E-state index >= 15 is 0 Å². The first-order chi connectivity index (χ1) is 8.65.